The first-order chi connectivity index (χ1) is 6.92. The molecular weight excluding hydrogens is 219 g/mol. The third-order valence-electron chi connectivity index (χ3n) is 2.13. The second-order valence-electron chi connectivity index (χ2n) is 3.38. The number of methoxy groups -OCH3 is 1. The van der Waals surface area contributed by atoms with E-state index in [-0.39, 0.29) is 5.92 Å². The van der Waals surface area contributed by atoms with Crippen LogP contribution in [0.5, 0.6) is 5.75 Å². The molecule has 0 spiro atoms. The first kappa shape index (κ1) is 12.0. The third kappa shape index (κ3) is 3.87. The van der Waals surface area contributed by atoms with E-state index in [4.69, 9.17) is 4.74 Å². The lowest BCUT2D eigenvalue weighted by molar-refractivity contribution is 0.414. The summed E-state index contributed by atoms with van der Waals surface area (Å²) in [6.07, 6.45) is 0. The van der Waals surface area contributed by atoms with Gasteiger partial charge in [-0.1, -0.05) is 19.1 Å². The van der Waals surface area contributed by atoms with Crippen LogP contribution in [0.2, 0.25) is 0 Å². The van der Waals surface area contributed by atoms with Crippen molar-refractivity contribution in [2.24, 2.45) is 0 Å². The molecule has 0 radical (unpaired) electrons. The molecule has 5 heteroatoms. The number of hydrogen-bond acceptors (Lipinski definition) is 3. The van der Waals surface area contributed by atoms with Crippen LogP contribution in [0.4, 0.5) is 3.89 Å². The van der Waals surface area contributed by atoms with Crippen LogP contribution in [0.15, 0.2) is 24.3 Å². The van der Waals surface area contributed by atoms with Crippen molar-refractivity contribution in [3.05, 3.63) is 29.8 Å². The van der Waals surface area contributed by atoms with Gasteiger partial charge in [0.25, 0.3) is 0 Å². The number of rotatable bonds is 4. The Balaban J connectivity index is 2.78. The van der Waals surface area contributed by atoms with Gasteiger partial charge < -0.3 is 4.74 Å². The van der Waals surface area contributed by atoms with Crippen LogP contribution in [0.25, 0.3) is 0 Å². The monoisotopic (exact) mass is 232 g/mol. The molecule has 0 aromatic heterocycles. The van der Waals surface area contributed by atoms with Gasteiger partial charge in [-0.25, -0.2) is 0 Å². The average Bonchev–Trinajstić information content (AvgIpc) is 2.15. The second kappa shape index (κ2) is 4.61. The van der Waals surface area contributed by atoms with Crippen LogP contribution in [0.3, 0.4) is 0 Å². The number of ether oxygens (including phenoxy) is 1. The van der Waals surface area contributed by atoms with Crippen molar-refractivity contribution in [1.29, 1.82) is 0 Å². The summed E-state index contributed by atoms with van der Waals surface area (Å²) in [6.45, 7) is 1.67. The molecule has 1 unspecified atom stereocenters. The molecule has 1 rings (SSSR count). The maximum Gasteiger partial charge on any atom is 0.303 e. The molecule has 0 bridgehead atoms. The van der Waals surface area contributed by atoms with Gasteiger partial charge in [0.15, 0.2) is 0 Å². The zero-order valence-electron chi connectivity index (χ0n) is 8.60. The number of benzene rings is 1. The van der Waals surface area contributed by atoms with Gasteiger partial charge in [0.1, 0.15) is 5.75 Å². The number of halogens is 1. The minimum Gasteiger partial charge on any atom is -0.497 e. The molecule has 0 N–H and O–H groups in total. The summed E-state index contributed by atoms with van der Waals surface area (Å²) >= 11 is 0. The third-order valence-corrected chi connectivity index (χ3v) is 3.03. The predicted octanol–water partition coefficient (Wildman–Crippen LogP) is 2.10. The zero-order valence-corrected chi connectivity index (χ0v) is 9.42. The topological polar surface area (TPSA) is 43.4 Å². The molecule has 0 saturated heterocycles. The molecule has 0 aliphatic heterocycles. The van der Waals surface area contributed by atoms with Gasteiger partial charge in [0.2, 0.25) is 0 Å². The van der Waals surface area contributed by atoms with Crippen molar-refractivity contribution in [2.45, 2.75) is 12.8 Å². The Morgan fingerprint density at radius 1 is 1.33 bits per heavy atom. The van der Waals surface area contributed by atoms with Gasteiger partial charge in [-0.05, 0) is 23.6 Å². The van der Waals surface area contributed by atoms with Gasteiger partial charge in [-0.3, -0.25) is 0 Å². The second-order valence-corrected chi connectivity index (χ2v) is 4.79. The Bertz CT molecular complexity index is 411. The fourth-order valence-corrected chi connectivity index (χ4v) is 2.12. The van der Waals surface area contributed by atoms with E-state index in [9.17, 15) is 12.3 Å². The highest BCUT2D eigenvalue weighted by Crippen LogP contribution is 2.20. The van der Waals surface area contributed by atoms with Crippen molar-refractivity contribution in [1.82, 2.24) is 0 Å². The minimum absolute atomic E-state index is 0.356. The Labute approximate surface area is 89.1 Å². The Hall–Kier alpha value is -1.10. The van der Waals surface area contributed by atoms with E-state index < -0.39 is 16.0 Å². The summed E-state index contributed by atoms with van der Waals surface area (Å²) < 4.78 is 38.3. The van der Waals surface area contributed by atoms with Crippen LogP contribution in [-0.4, -0.2) is 21.3 Å². The van der Waals surface area contributed by atoms with Gasteiger partial charge in [0, 0.05) is 0 Å². The normalized spacial score (nSPS) is 13.5. The molecule has 84 valence electrons. The Kier molecular flexibility index (Phi) is 3.68. The van der Waals surface area contributed by atoms with Crippen molar-refractivity contribution in [3.63, 3.8) is 0 Å². The summed E-state index contributed by atoms with van der Waals surface area (Å²) in [5.41, 5.74) is 0.775. The highest BCUT2D eigenvalue weighted by Gasteiger charge is 2.15. The summed E-state index contributed by atoms with van der Waals surface area (Å²) in [4.78, 5) is 0. The predicted molar refractivity (Wildman–Crippen MR) is 56.3 cm³/mol. The maximum atomic E-state index is 12.4. The van der Waals surface area contributed by atoms with Gasteiger partial charge in [0.05, 0.1) is 12.9 Å². The van der Waals surface area contributed by atoms with Crippen LogP contribution < -0.4 is 4.74 Å². The van der Waals surface area contributed by atoms with Crippen molar-refractivity contribution >= 4 is 10.2 Å². The molecule has 1 aromatic carbocycles. The molecule has 0 amide bonds. The Morgan fingerprint density at radius 2 is 1.87 bits per heavy atom. The lowest BCUT2D eigenvalue weighted by Gasteiger charge is -2.09. The molecule has 0 aliphatic rings. The Morgan fingerprint density at radius 3 is 2.27 bits per heavy atom. The summed E-state index contributed by atoms with van der Waals surface area (Å²) in [6, 6.07) is 6.90. The van der Waals surface area contributed by atoms with Gasteiger partial charge in [-0.2, -0.15) is 8.42 Å². The van der Waals surface area contributed by atoms with Gasteiger partial charge >= 0.3 is 10.2 Å². The average molecular weight is 232 g/mol. The molecular formula is C10H13FO3S. The van der Waals surface area contributed by atoms with E-state index in [0.29, 0.717) is 5.75 Å². The molecule has 0 aliphatic carbocycles. The number of hydrogen-bond donors (Lipinski definition) is 0. The summed E-state index contributed by atoms with van der Waals surface area (Å²) in [5.74, 6) is -0.153. The highest BCUT2D eigenvalue weighted by atomic mass is 32.3. The quantitative estimate of drug-likeness (QED) is 0.747. The first-order valence-corrected chi connectivity index (χ1v) is 6.04. The maximum absolute atomic E-state index is 12.4. The highest BCUT2D eigenvalue weighted by molar-refractivity contribution is 7.86. The largest absolute Gasteiger partial charge is 0.497 e. The van der Waals surface area contributed by atoms with E-state index in [1.54, 1.807) is 38.3 Å². The van der Waals surface area contributed by atoms with E-state index in [1.165, 1.54) is 0 Å². The lowest BCUT2D eigenvalue weighted by Crippen LogP contribution is -2.07. The van der Waals surface area contributed by atoms with E-state index in [0.717, 1.165) is 5.56 Å². The summed E-state index contributed by atoms with van der Waals surface area (Å²) in [7, 11) is -2.87. The minimum atomic E-state index is -4.42. The fraction of sp³-hybridized carbons (Fsp3) is 0.400. The molecule has 3 nitrogen and oxygen atoms in total. The SMILES string of the molecule is COc1ccc(C(C)CS(=O)(=O)F)cc1. The van der Waals surface area contributed by atoms with Gasteiger partial charge in [-0.15, -0.1) is 3.89 Å². The molecule has 1 atom stereocenters. The molecule has 0 fully saturated rings. The van der Waals surface area contributed by atoms with E-state index in [1.807, 2.05) is 0 Å². The van der Waals surface area contributed by atoms with Crippen LogP contribution in [-0.2, 0) is 10.2 Å². The summed E-state index contributed by atoms with van der Waals surface area (Å²) in [5, 5.41) is 0. The van der Waals surface area contributed by atoms with Crippen LogP contribution >= 0.6 is 0 Å². The molecule has 15 heavy (non-hydrogen) atoms. The van der Waals surface area contributed by atoms with E-state index >= 15 is 0 Å². The van der Waals surface area contributed by atoms with Crippen molar-refractivity contribution in [2.75, 3.05) is 12.9 Å². The standard InChI is InChI=1S/C10H13FO3S/c1-8(7-15(11,12)13)9-3-5-10(14-2)6-4-9/h3-6,8H,7H2,1-2H3. The lowest BCUT2D eigenvalue weighted by atomic mass is 10.0. The smallest absolute Gasteiger partial charge is 0.303 e. The molecule has 0 heterocycles. The fourth-order valence-electron chi connectivity index (χ4n) is 1.33. The van der Waals surface area contributed by atoms with Crippen LogP contribution in [0.1, 0.15) is 18.4 Å². The van der Waals surface area contributed by atoms with Crippen molar-refractivity contribution in [3.8, 4) is 5.75 Å². The molecule has 0 saturated carbocycles. The first-order valence-electron chi connectivity index (χ1n) is 4.48. The van der Waals surface area contributed by atoms with E-state index in [2.05, 4.69) is 0 Å². The van der Waals surface area contributed by atoms with Crippen molar-refractivity contribution < 1.29 is 17.0 Å². The van der Waals surface area contributed by atoms with Crippen LogP contribution in [0, 0.1) is 0 Å². The zero-order chi connectivity index (χ0) is 11.5. The molecule has 1 aromatic rings.